The molecule has 37 heavy (non-hydrogen) atoms. The van der Waals surface area contributed by atoms with Crippen molar-refractivity contribution in [3.8, 4) is 17.2 Å². The summed E-state index contributed by atoms with van der Waals surface area (Å²) in [5.74, 6) is 0.624. The fraction of sp³-hybridized carbons (Fsp3) is 0.138. The standard InChI is InChI=1S/C29H25BrN2O5/c1-2-15-35-25-11-8-21(9-12-25)29(34)37-27-14-10-24(30)16-23(27)18-31-32-28(33)19-36-26-13-7-20-5-3-4-6-22(20)17-26/h3-14,16-18H,2,15,19H2,1H3,(H,32,33). The van der Waals surface area contributed by atoms with E-state index in [9.17, 15) is 9.59 Å². The minimum atomic E-state index is -0.521. The van der Waals surface area contributed by atoms with Gasteiger partial charge in [0.1, 0.15) is 17.2 Å². The highest BCUT2D eigenvalue weighted by atomic mass is 79.9. The molecule has 0 radical (unpaired) electrons. The summed E-state index contributed by atoms with van der Waals surface area (Å²) in [6, 6.07) is 25.4. The van der Waals surface area contributed by atoms with Gasteiger partial charge in [0.25, 0.3) is 5.91 Å². The highest BCUT2D eigenvalue weighted by molar-refractivity contribution is 9.10. The first-order valence-corrected chi connectivity index (χ1v) is 12.5. The molecule has 0 bridgehead atoms. The molecular formula is C29H25BrN2O5. The Labute approximate surface area is 223 Å². The third-order valence-electron chi connectivity index (χ3n) is 5.22. The second kappa shape index (κ2) is 12.7. The van der Waals surface area contributed by atoms with E-state index in [1.807, 2.05) is 49.4 Å². The van der Waals surface area contributed by atoms with Crippen LogP contribution in [-0.2, 0) is 4.79 Å². The van der Waals surface area contributed by atoms with E-state index in [1.165, 1.54) is 6.21 Å². The molecular weight excluding hydrogens is 536 g/mol. The molecule has 0 saturated carbocycles. The molecule has 7 nitrogen and oxygen atoms in total. The summed E-state index contributed by atoms with van der Waals surface area (Å²) >= 11 is 3.40. The molecule has 0 heterocycles. The zero-order valence-corrected chi connectivity index (χ0v) is 21.7. The van der Waals surface area contributed by atoms with E-state index in [4.69, 9.17) is 14.2 Å². The zero-order chi connectivity index (χ0) is 26.0. The predicted molar refractivity (Wildman–Crippen MR) is 147 cm³/mol. The second-order valence-electron chi connectivity index (χ2n) is 8.04. The normalized spacial score (nSPS) is 10.9. The summed E-state index contributed by atoms with van der Waals surface area (Å²) < 4.78 is 17.5. The van der Waals surface area contributed by atoms with Crippen LogP contribution >= 0.6 is 15.9 Å². The van der Waals surface area contributed by atoms with Gasteiger partial charge in [-0.3, -0.25) is 4.79 Å². The van der Waals surface area contributed by atoms with Crippen molar-refractivity contribution in [3.05, 3.63) is 101 Å². The summed E-state index contributed by atoms with van der Waals surface area (Å²) in [5, 5.41) is 6.11. The van der Waals surface area contributed by atoms with Crippen LogP contribution in [-0.4, -0.2) is 31.3 Å². The Morgan fingerprint density at radius 3 is 2.43 bits per heavy atom. The third kappa shape index (κ3) is 7.41. The molecule has 0 fully saturated rings. The van der Waals surface area contributed by atoms with Gasteiger partial charge in [-0.25, -0.2) is 10.2 Å². The lowest BCUT2D eigenvalue weighted by Gasteiger charge is -2.09. The Balaban J connectivity index is 1.34. The van der Waals surface area contributed by atoms with Gasteiger partial charge < -0.3 is 14.2 Å². The molecule has 4 aromatic carbocycles. The largest absolute Gasteiger partial charge is 0.494 e. The monoisotopic (exact) mass is 560 g/mol. The van der Waals surface area contributed by atoms with Crippen LogP contribution in [0.4, 0.5) is 0 Å². The number of nitrogens with one attached hydrogen (secondary N) is 1. The van der Waals surface area contributed by atoms with Gasteiger partial charge in [0, 0.05) is 10.0 Å². The number of ether oxygens (including phenoxy) is 3. The lowest BCUT2D eigenvalue weighted by molar-refractivity contribution is -0.123. The van der Waals surface area contributed by atoms with Crippen molar-refractivity contribution in [2.75, 3.05) is 13.2 Å². The van der Waals surface area contributed by atoms with Crippen molar-refractivity contribution in [1.29, 1.82) is 0 Å². The second-order valence-corrected chi connectivity index (χ2v) is 8.95. The smallest absolute Gasteiger partial charge is 0.343 e. The highest BCUT2D eigenvalue weighted by Gasteiger charge is 2.12. The Hall–Kier alpha value is -4.17. The minimum absolute atomic E-state index is 0.200. The number of hydrogen-bond donors (Lipinski definition) is 1. The van der Waals surface area contributed by atoms with Crippen LogP contribution in [0.1, 0.15) is 29.3 Å². The summed E-state index contributed by atoms with van der Waals surface area (Å²) in [4.78, 5) is 24.9. The van der Waals surface area contributed by atoms with Crippen molar-refractivity contribution in [1.82, 2.24) is 5.43 Å². The summed E-state index contributed by atoms with van der Waals surface area (Å²) in [5.41, 5.74) is 3.31. The third-order valence-corrected chi connectivity index (χ3v) is 5.71. The van der Waals surface area contributed by atoms with E-state index in [1.54, 1.807) is 42.5 Å². The first-order valence-electron chi connectivity index (χ1n) is 11.7. The van der Waals surface area contributed by atoms with Crippen LogP contribution in [0.3, 0.4) is 0 Å². The molecule has 0 aliphatic heterocycles. The zero-order valence-electron chi connectivity index (χ0n) is 20.1. The van der Waals surface area contributed by atoms with Crippen molar-refractivity contribution in [3.63, 3.8) is 0 Å². The molecule has 0 aliphatic rings. The molecule has 8 heteroatoms. The quantitative estimate of drug-likeness (QED) is 0.109. The molecule has 0 saturated heterocycles. The Kier molecular flexibility index (Phi) is 8.89. The molecule has 0 spiro atoms. The van der Waals surface area contributed by atoms with E-state index in [2.05, 4.69) is 26.5 Å². The van der Waals surface area contributed by atoms with Crippen LogP contribution in [0.15, 0.2) is 94.5 Å². The fourth-order valence-corrected chi connectivity index (χ4v) is 3.77. The molecule has 1 amide bonds. The maximum absolute atomic E-state index is 12.7. The number of hydrazone groups is 1. The summed E-state index contributed by atoms with van der Waals surface area (Å²) in [6.45, 7) is 2.43. The van der Waals surface area contributed by atoms with Gasteiger partial charge >= 0.3 is 5.97 Å². The van der Waals surface area contributed by atoms with E-state index < -0.39 is 11.9 Å². The van der Waals surface area contributed by atoms with Gasteiger partial charge in [0.05, 0.1) is 18.4 Å². The van der Waals surface area contributed by atoms with Crippen LogP contribution < -0.4 is 19.6 Å². The minimum Gasteiger partial charge on any atom is -0.494 e. The first kappa shape index (κ1) is 25.9. The van der Waals surface area contributed by atoms with Gasteiger partial charge in [-0.1, -0.05) is 53.2 Å². The average molecular weight is 561 g/mol. The Morgan fingerprint density at radius 1 is 0.892 bits per heavy atom. The van der Waals surface area contributed by atoms with Crippen LogP contribution in [0.25, 0.3) is 10.8 Å². The maximum atomic E-state index is 12.7. The van der Waals surface area contributed by atoms with Crippen LogP contribution in [0.5, 0.6) is 17.2 Å². The van der Waals surface area contributed by atoms with Crippen molar-refractivity contribution >= 4 is 44.8 Å². The van der Waals surface area contributed by atoms with E-state index in [0.29, 0.717) is 35.0 Å². The average Bonchev–Trinajstić information content (AvgIpc) is 2.92. The number of carbonyl (C=O) groups excluding carboxylic acids is 2. The Bertz CT molecular complexity index is 1420. The topological polar surface area (TPSA) is 86.2 Å². The number of amides is 1. The van der Waals surface area contributed by atoms with Crippen LogP contribution in [0, 0.1) is 0 Å². The van der Waals surface area contributed by atoms with Crippen molar-refractivity contribution in [2.45, 2.75) is 13.3 Å². The number of hydrogen-bond acceptors (Lipinski definition) is 6. The van der Waals surface area contributed by atoms with E-state index >= 15 is 0 Å². The van der Waals surface area contributed by atoms with Crippen molar-refractivity contribution < 1.29 is 23.8 Å². The van der Waals surface area contributed by atoms with Gasteiger partial charge in [-0.2, -0.15) is 5.10 Å². The number of fused-ring (bicyclic) bond motifs is 1. The predicted octanol–water partition coefficient (Wildman–Crippen LogP) is 6.14. The molecule has 188 valence electrons. The molecule has 1 N–H and O–H groups in total. The number of benzene rings is 4. The molecule has 0 aliphatic carbocycles. The van der Waals surface area contributed by atoms with E-state index in [-0.39, 0.29) is 6.61 Å². The number of halogens is 1. The fourth-order valence-electron chi connectivity index (χ4n) is 3.39. The Morgan fingerprint density at radius 2 is 1.65 bits per heavy atom. The van der Waals surface area contributed by atoms with Crippen LogP contribution in [0.2, 0.25) is 0 Å². The molecule has 4 aromatic rings. The highest BCUT2D eigenvalue weighted by Crippen LogP contribution is 2.24. The number of esters is 1. The van der Waals surface area contributed by atoms with Gasteiger partial charge in [-0.15, -0.1) is 0 Å². The number of carbonyl (C=O) groups is 2. The lowest BCUT2D eigenvalue weighted by Crippen LogP contribution is -2.24. The number of nitrogens with zero attached hydrogens (tertiary/aromatic N) is 1. The SMILES string of the molecule is CCCOc1ccc(C(=O)Oc2ccc(Br)cc2C=NNC(=O)COc2ccc3ccccc3c2)cc1. The molecule has 0 unspecified atom stereocenters. The van der Waals surface area contributed by atoms with E-state index in [0.717, 1.165) is 21.7 Å². The summed E-state index contributed by atoms with van der Waals surface area (Å²) in [6.07, 6.45) is 2.30. The van der Waals surface area contributed by atoms with Gasteiger partial charge in [0.2, 0.25) is 0 Å². The molecule has 0 atom stereocenters. The lowest BCUT2D eigenvalue weighted by atomic mass is 10.1. The summed E-state index contributed by atoms with van der Waals surface area (Å²) in [7, 11) is 0. The van der Waals surface area contributed by atoms with Crippen molar-refractivity contribution in [2.24, 2.45) is 5.10 Å². The molecule has 4 rings (SSSR count). The number of rotatable bonds is 10. The first-order chi connectivity index (χ1) is 18.0. The van der Waals surface area contributed by atoms with Gasteiger partial charge in [0.15, 0.2) is 6.61 Å². The molecule has 0 aromatic heterocycles. The maximum Gasteiger partial charge on any atom is 0.343 e. The van der Waals surface area contributed by atoms with Gasteiger partial charge in [-0.05, 0) is 71.8 Å².